The summed E-state index contributed by atoms with van der Waals surface area (Å²) in [4.78, 5) is 0. The van der Waals surface area contributed by atoms with Crippen molar-refractivity contribution in [3.05, 3.63) is 0 Å². The molecule has 0 heterocycles. The van der Waals surface area contributed by atoms with Gasteiger partial charge in [0.1, 0.15) is 0 Å². The first kappa shape index (κ1) is 10.9. The summed E-state index contributed by atoms with van der Waals surface area (Å²) < 4.78 is 9.99. The van der Waals surface area contributed by atoms with Crippen LogP contribution in [0.15, 0.2) is 0 Å². The molecule has 0 aliphatic carbocycles. The van der Waals surface area contributed by atoms with Gasteiger partial charge in [0.25, 0.3) is 0 Å². The fraction of sp³-hybridized carbons (Fsp3) is 1.00. The third-order valence-electron chi connectivity index (χ3n) is 2.00. The molecule has 0 fully saturated rings. The Bertz CT molecular complexity index is 104. The van der Waals surface area contributed by atoms with Crippen LogP contribution in [-0.4, -0.2) is 33.0 Å². The summed E-state index contributed by atoms with van der Waals surface area (Å²) in [5, 5.41) is 0. The van der Waals surface area contributed by atoms with Crippen molar-refractivity contribution in [1.82, 2.24) is 0 Å². The van der Waals surface area contributed by atoms with Crippen LogP contribution in [0, 0.1) is 5.92 Å². The number of hydrogen-bond donors (Lipinski definition) is 1. The highest BCUT2D eigenvalue weighted by atomic mass is 16.5. The van der Waals surface area contributed by atoms with E-state index in [4.69, 9.17) is 15.2 Å². The molecule has 11 heavy (non-hydrogen) atoms. The average molecular weight is 161 g/mol. The van der Waals surface area contributed by atoms with Crippen LogP contribution in [-0.2, 0) is 9.47 Å². The van der Waals surface area contributed by atoms with Crippen LogP contribution in [0.4, 0.5) is 0 Å². The largest absolute Gasteiger partial charge is 0.384 e. The van der Waals surface area contributed by atoms with E-state index in [0.29, 0.717) is 19.1 Å². The van der Waals surface area contributed by atoms with Gasteiger partial charge in [-0.2, -0.15) is 0 Å². The highest BCUT2D eigenvalue weighted by molar-refractivity contribution is 4.83. The molecule has 0 aliphatic rings. The summed E-state index contributed by atoms with van der Waals surface area (Å²) in [5.74, 6) is 0.312. The van der Waals surface area contributed by atoms with E-state index in [1.165, 1.54) is 0 Å². The van der Waals surface area contributed by atoms with Crippen LogP contribution >= 0.6 is 0 Å². The Balaban J connectivity index is 3.83. The summed E-state index contributed by atoms with van der Waals surface area (Å²) in [6, 6.07) is 0. The second-order valence-corrected chi connectivity index (χ2v) is 3.30. The summed E-state index contributed by atoms with van der Waals surface area (Å²) in [7, 11) is 3.34. The van der Waals surface area contributed by atoms with Crippen LogP contribution in [0.2, 0.25) is 0 Å². The van der Waals surface area contributed by atoms with Gasteiger partial charge in [-0.15, -0.1) is 0 Å². The van der Waals surface area contributed by atoms with E-state index in [9.17, 15) is 0 Å². The van der Waals surface area contributed by atoms with Crippen molar-refractivity contribution in [3.63, 3.8) is 0 Å². The van der Waals surface area contributed by atoms with Gasteiger partial charge in [0, 0.05) is 19.8 Å². The monoisotopic (exact) mass is 161 g/mol. The summed E-state index contributed by atoms with van der Waals surface area (Å²) in [6.07, 6.45) is 0. The molecule has 0 bridgehead atoms. The molecule has 0 saturated heterocycles. The van der Waals surface area contributed by atoms with Crippen molar-refractivity contribution in [2.45, 2.75) is 19.4 Å². The molecule has 0 spiro atoms. The fourth-order valence-corrected chi connectivity index (χ4v) is 0.894. The zero-order chi connectivity index (χ0) is 8.91. The Morgan fingerprint density at radius 3 is 2.27 bits per heavy atom. The SMILES string of the molecule is COCC(C)C(C)(N)COC. The molecule has 3 heteroatoms. The topological polar surface area (TPSA) is 44.5 Å². The van der Waals surface area contributed by atoms with Gasteiger partial charge in [-0.25, -0.2) is 0 Å². The molecular formula is C8H19NO2. The number of nitrogens with two attached hydrogens (primary N) is 1. The molecule has 3 nitrogen and oxygen atoms in total. The first-order valence-corrected chi connectivity index (χ1v) is 3.81. The summed E-state index contributed by atoms with van der Waals surface area (Å²) >= 11 is 0. The van der Waals surface area contributed by atoms with Gasteiger partial charge in [-0.3, -0.25) is 0 Å². The highest BCUT2D eigenvalue weighted by Gasteiger charge is 2.25. The molecule has 0 aromatic rings. The predicted molar refractivity (Wildman–Crippen MR) is 45.5 cm³/mol. The van der Waals surface area contributed by atoms with E-state index in [0.717, 1.165) is 0 Å². The molecule has 0 rings (SSSR count). The summed E-state index contributed by atoms with van der Waals surface area (Å²) in [5.41, 5.74) is 5.66. The van der Waals surface area contributed by atoms with Crippen LogP contribution in [0.1, 0.15) is 13.8 Å². The molecule has 2 N–H and O–H groups in total. The molecule has 0 radical (unpaired) electrons. The quantitative estimate of drug-likeness (QED) is 0.643. The Morgan fingerprint density at radius 1 is 1.36 bits per heavy atom. The zero-order valence-corrected chi connectivity index (χ0v) is 7.89. The fourth-order valence-electron chi connectivity index (χ4n) is 0.894. The highest BCUT2D eigenvalue weighted by Crippen LogP contribution is 2.13. The maximum atomic E-state index is 5.95. The van der Waals surface area contributed by atoms with E-state index in [-0.39, 0.29) is 5.54 Å². The second-order valence-electron chi connectivity index (χ2n) is 3.30. The number of hydrogen-bond acceptors (Lipinski definition) is 3. The third kappa shape index (κ3) is 3.70. The number of ether oxygens (including phenoxy) is 2. The van der Waals surface area contributed by atoms with E-state index >= 15 is 0 Å². The first-order chi connectivity index (χ1) is 5.04. The van der Waals surface area contributed by atoms with Gasteiger partial charge in [-0.05, 0) is 12.8 Å². The molecule has 0 aromatic carbocycles. The smallest absolute Gasteiger partial charge is 0.0643 e. The van der Waals surface area contributed by atoms with Crippen molar-refractivity contribution in [2.24, 2.45) is 11.7 Å². The second kappa shape index (κ2) is 4.70. The maximum absolute atomic E-state index is 5.95. The lowest BCUT2D eigenvalue weighted by Gasteiger charge is -2.30. The number of rotatable bonds is 5. The van der Waals surface area contributed by atoms with Crippen LogP contribution in [0.5, 0.6) is 0 Å². The van der Waals surface area contributed by atoms with Gasteiger partial charge in [0.15, 0.2) is 0 Å². The maximum Gasteiger partial charge on any atom is 0.0643 e. The van der Waals surface area contributed by atoms with Gasteiger partial charge >= 0.3 is 0 Å². The van der Waals surface area contributed by atoms with Crippen molar-refractivity contribution in [3.8, 4) is 0 Å². The van der Waals surface area contributed by atoms with E-state index in [1.807, 2.05) is 6.92 Å². The molecule has 0 amide bonds. The lowest BCUT2D eigenvalue weighted by atomic mass is 9.90. The molecule has 0 saturated carbocycles. The Morgan fingerprint density at radius 2 is 1.91 bits per heavy atom. The zero-order valence-electron chi connectivity index (χ0n) is 7.89. The molecule has 0 aliphatic heterocycles. The minimum Gasteiger partial charge on any atom is -0.384 e. The van der Waals surface area contributed by atoms with Crippen molar-refractivity contribution in [1.29, 1.82) is 0 Å². The van der Waals surface area contributed by atoms with Crippen molar-refractivity contribution < 1.29 is 9.47 Å². The Kier molecular flexibility index (Phi) is 4.65. The first-order valence-electron chi connectivity index (χ1n) is 3.81. The molecule has 2 atom stereocenters. The van der Waals surface area contributed by atoms with Gasteiger partial charge < -0.3 is 15.2 Å². The average Bonchev–Trinajstić information content (AvgIpc) is 1.88. The number of methoxy groups -OCH3 is 2. The third-order valence-corrected chi connectivity index (χ3v) is 2.00. The minimum atomic E-state index is -0.287. The van der Waals surface area contributed by atoms with Gasteiger partial charge in [0.05, 0.1) is 13.2 Å². The van der Waals surface area contributed by atoms with Crippen LogP contribution in [0.25, 0.3) is 0 Å². The van der Waals surface area contributed by atoms with Gasteiger partial charge in [0.2, 0.25) is 0 Å². The van der Waals surface area contributed by atoms with Crippen molar-refractivity contribution in [2.75, 3.05) is 27.4 Å². The normalized spacial score (nSPS) is 19.4. The van der Waals surface area contributed by atoms with Crippen LogP contribution in [0.3, 0.4) is 0 Å². The molecule has 68 valence electrons. The lowest BCUT2D eigenvalue weighted by molar-refractivity contribution is 0.0665. The lowest BCUT2D eigenvalue weighted by Crippen LogP contribution is -2.48. The minimum absolute atomic E-state index is 0.287. The standard InChI is InChI=1S/C8H19NO2/c1-7(5-10-3)8(2,9)6-11-4/h7H,5-6,9H2,1-4H3. The Labute approximate surface area is 68.9 Å². The van der Waals surface area contributed by atoms with E-state index in [1.54, 1.807) is 14.2 Å². The molecule has 2 unspecified atom stereocenters. The molecular weight excluding hydrogens is 142 g/mol. The van der Waals surface area contributed by atoms with E-state index < -0.39 is 0 Å². The van der Waals surface area contributed by atoms with Gasteiger partial charge in [-0.1, -0.05) is 6.92 Å². The Hall–Kier alpha value is -0.120. The van der Waals surface area contributed by atoms with E-state index in [2.05, 4.69) is 6.92 Å². The summed E-state index contributed by atoms with van der Waals surface area (Å²) in [6.45, 7) is 5.27. The molecule has 0 aromatic heterocycles. The van der Waals surface area contributed by atoms with Crippen molar-refractivity contribution >= 4 is 0 Å². The van der Waals surface area contributed by atoms with Crippen LogP contribution < -0.4 is 5.73 Å². The predicted octanol–water partition coefficient (Wildman–Crippen LogP) is 0.633.